The van der Waals surface area contributed by atoms with E-state index < -0.39 is 35.5 Å². The fraction of sp³-hybridized carbons (Fsp3) is 0.686. The van der Waals surface area contributed by atoms with Crippen molar-refractivity contribution in [1.82, 2.24) is 21.5 Å². The average Bonchev–Trinajstić information content (AvgIpc) is 3.80. The number of aliphatic hydroxyl groups is 1. The maximum Gasteiger partial charge on any atom is 0.407 e. The Hall–Kier alpha value is -2.83. The SMILES string of the molecule is COC1C(OC(=O)NCCCCCCNC(=O)CNN[C@H](C=O)Cc2ccccc2)CC[C@]2(CO2)C1[C@](C)(O)[C@H](C)CC=C(C)C. The van der Waals surface area contributed by atoms with Crippen molar-refractivity contribution < 1.29 is 33.7 Å². The number of epoxide rings is 1. The van der Waals surface area contributed by atoms with Gasteiger partial charge in [0.15, 0.2) is 0 Å². The molecule has 46 heavy (non-hydrogen) atoms. The summed E-state index contributed by atoms with van der Waals surface area (Å²) in [5.41, 5.74) is 6.46. The molecular formula is C35H56N4O7. The molecule has 1 aromatic carbocycles. The van der Waals surface area contributed by atoms with Gasteiger partial charge < -0.3 is 34.7 Å². The minimum absolute atomic E-state index is 0.0352. The molecule has 0 radical (unpaired) electrons. The van der Waals surface area contributed by atoms with E-state index in [2.05, 4.69) is 27.6 Å². The monoisotopic (exact) mass is 644 g/mol. The van der Waals surface area contributed by atoms with Crippen molar-refractivity contribution in [2.75, 3.05) is 33.4 Å². The van der Waals surface area contributed by atoms with Crippen LogP contribution < -0.4 is 21.5 Å². The average molecular weight is 645 g/mol. The van der Waals surface area contributed by atoms with Gasteiger partial charge in [0.1, 0.15) is 18.5 Å². The molecule has 2 aliphatic rings. The summed E-state index contributed by atoms with van der Waals surface area (Å²) < 4.78 is 17.7. The van der Waals surface area contributed by atoms with Crippen LogP contribution in [0.15, 0.2) is 42.0 Å². The predicted molar refractivity (Wildman–Crippen MR) is 177 cm³/mol. The van der Waals surface area contributed by atoms with Crippen molar-refractivity contribution in [1.29, 1.82) is 0 Å². The summed E-state index contributed by atoms with van der Waals surface area (Å²) in [6, 6.07) is 9.26. The third-order valence-electron chi connectivity index (χ3n) is 9.36. The van der Waals surface area contributed by atoms with Gasteiger partial charge >= 0.3 is 6.09 Å². The van der Waals surface area contributed by atoms with Crippen LogP contribution >= 0.6 is 0 Å². The van der Waals surface area contributed by atoms with Crippen LogP contribution in [0.25, 0.3) is 0 Å². The van der Waals surface area contributed by atoms with E-state index in [1.54, 1.807) is 7.11 Å². The van der Waals surface area contributed by atoms with Gasteiger partial charge in [-0.05, 0) is 70.8 Å². The maximum absolute atomic E-state index is 12.7. The molecule has 258 valence electrons. The highest BCUT2D eigenvalue weighted by Gasteiger charge is 2.65. The van der Waals surface area contributed by atoms with Crippen molar-refractivity contribution in [2.45, 2.75) is 109 Å². The van der Waals surface area contributed by atoms with Gasteiger partial charge in [0, 0.05) is 26.1 Å². The van der Waals surface area contributed by atoms with Gasteiger partial charge in [0.2, 0.25) is 5.91 Å². The molecule has 11 nitrogen and oxygen atoms in total. The summed E-state index contributed by atoms with van der Waals surface area (Å²) in [7, 11) is 1.61. The standard InChI is InChI=1S/C35H56N4O7/c1-25(2)15-16-26(3)34(4,43)32-31(44-5)29(17-18-35(32)24-45-35)46-33(42)37-20-12-7-6-11-19-36-30(41)22-38-39-28(23-40)21-27-13-9-8-10-14-27/h8-10,13-15,23,26,28-29,31-32,38-39,43H,6-7,11-12,16-22,24H2,1-5H3,(H,36,41)(H,37,42)/t26-,28+,29?,31?,32?,34-,35+/m1/s1. The van der Waals surface area contributed by atoms with Gasteiger partial charge in [0.25, 0.3) is 0 Å². The number of hydrazine groups is 1. The lowest BCUT2D eigenvalue weighted by Crippen LogP contribution is -2.61. The Bertz CT molecular complexity index is 1120. The largest absolute Gasteiger partial charge is 0.443 e. The van der Waals surface area contributed by atoms with Crippen LogP contribution in [0.2, 0.25) is 0 Å². The Kier molecular flexibility index (Phi) is 15.1. The Balaban J connectivity index is 1.29. The van der Waals surface area contributed by atoms with Gasteiger partial charge in [-0.3, -0.25) is 4.79 Å². The molecule has 3 unspecified atom stereocenters. The highest BCUT2D eigenvalue weighted by molar-refractivity contribution is 5.77. The number of rotatable bonds is 20. The molecule has 2 amide bonds. The van der Waals surface area contributed by atoms with Crippen molar-refractivity contribution in [3.63, 3.8) is 0 Å². The van der Waals surface area contributed by atoms with Crippen LogP contribution in [-0.2, 0) is 30.2 Å². The highest BCUT2D eigenvalue weighted by atomic mass is 16.6. The number of ether oxygens (including phenoxy) is 3. The van der Waals surface area contributed by atoms with E-state index in [-0.39, 0.29) is 24.3 Å². The van der Waals surface area contributed by atoms with Crippen LogP contribution in [0.1, 0.15) is 78.2 Å². The second kappa shape index (κ2) is 18.5. The third kappa shape index (κ3) is 11.5. The molecule has 3 rings (SSSR count). The molecule has 11 heteroatoms. The number of nitrogens with one attached hydrogen (secondary N) is 4. The highest BCUT2D eigenvalue weighted by Crippen LogP contribution is 2.53. The number of hydrogen-bond donors (Lipinski definition) is 5. The predicted octanol–water partition coefficient (Wildman–Crippen LogP) is 3.60. The van der Waals surface area contributed by atoms with Crippen LogP contribution in [0.4, 0.5) is 4.79 Å². The third-order valence-corrected chi connectivity index (χ3v) is 9.36. The first-order valence-electron chi connectivity index (χ1n) is 16.7. The van der Waals surface area contributed by atoms with Crippen LogP contribution in [0, 0.1) is 11.8 Å². The lowest BCUT2D eigenvalue weighted by molar-refractivity contribution is -0.178. The van der Waals surface area contributed by atoms with Gasteiger partial charge in [-0.25, -0.2) is 15.6 Å². The van der Waals surface area contributed by atoms with Crippen LogP contribution in [-0.4, -0.2) is 86.2 Å². The molecule has 1 heterocycles. The molecule has 1 spiro atoms. The summed E-state index contributed by atoms with van der Waals surface area (Å²) in [5, 5.41) is 17.5. The van der Waals surface area contributed by atoms with Gasteiger partial charge in [0.05, 0.1) is 30.4 Å². The fourth-order valence-electron chi connectivity index (χ4n) is 6.40. The number of hydrogen-bond acceptors (Lipinski definition) is 9. The lowest BCUT2D eigenvalue weighted by atomic mass is 9.63. The zero-order valence-corrected chi connectivity index (χ0v) is 28.3. The number of alkyl carbamates (subject to hydrolysis) is 1. The summed E-state index contributed by atoms with van der Waals surface area (Å²) in [4.78, 5) is 36.1. The van der Waals surface area contributed by atoms with Crippen LogP contribution in [0.3, 0.4) is 0 Å². The lowest BCUT2D eigenvalue weighted by Gasteiger charge is -2.49. The first-order chi connectivity index (χ1) is 22.0. The van der Waals surface area contributed by atoms with E-state index in [0.29, 0.717) is 39.0 Å². The molecule has 1 saturated heterocycles. The fourth-order valence-corrected chi connectivity index (χ4v) is 6.40. The first kappa shape index (κ1) is 37.6. The van der Waals surface area contributed by atoms with Crippen molar-refractivity contribution in [3.8, 4) is 0 Å². The second-order valence-corrected chi connectivity index (χ2v) is 13.3. The van der Waals surface area contributed by atoms with Gasteiger partial charge in [-0.1, -0.05) is 61.7 Å². The summed E-state index contributed by atoms with van der Waals surface area (Å²) in [6.45, 7) is 9.69. The molecule has 7 atom stereocenters. The number of unbranched alkanes of at least 4 members (excludes halogenated alkanes) is 3. The minimum Gasteiger partial charge on any atom is -0.443 e. The van der Waals surface area contributed by atoms with Crippen molar-refractivity contribution >= 4 is 18.3 Å². The zero-order chi connectivity index (χ0) is 33.6. The Labute approximate surface area is 274 Å². The first-order valence-corrected chi connectivity index (χ1v) is 16.7. The Morgan fingerprint density at radius 2 is 1.80 bits per heavy atom. The number of carbonyl (C=O) groups excluding carboxylic acids is 3. The Morgan fingerprint density at radius 1 is 1.13 bits per heavy atom. The van der Waals surface area contributed by atoms with E-state index >= 15 is 0 Å². The van der Waals surface area contributed by atoms with E-state index in [9.17, 15) is 19.5 Å². The maximum atomic E-state index is 12.7. The van der Waals surface area contributed by atoms with E-state index in [4.69, 9.17) is 14.2 Å². The van der Waals surface area contributed by atoms with Crippen molar-refractivity contribution in [2.24, 2.45) is 11.8 Å². The number of methoxy groups -OCH3 is 1. The molecule has 2 fully saturated rings. The normalized spacial score (nSPS) is 24.7. The number of amides is 2. The second-order valence-electron chi connectivity index (χ2n) is 13.3. The summed E-state index contributed by atoms with van der Waals surface area (Å²) in [6.07, 6.45) is 7.54. The van der Waals surface area contributed by atoms with E-state index in [1.807, 2.05) is 58.0 Å². The molecule has 1 aliphatic carbocycles. The number of benzene rings is 1. The number of allylic oxidation sites excluding steroid dienone is 2. The molecule has 5 N–H and O–H groups in total. The topological polar surface area (TPSA) is 151 Å². The van der Waals surface area contributed by atoms with E-state index in [0.717, 1.165) is 44.0 Å². The number of aldehydes is 1. The Morgan fingerprint density at radius 3 is 2.41 bits per heavy atom. The molecular weight excluding hydrogens is 588 g/mol. The molecule has 0 bridgehead atoms. The molecule has 1 aromatic rings. The van der Waals surface area contributed by atoms with Gasteiger partial charge in [-0.15, -0.1) is 0 Å². The molecule has 0 aromatic heterocycles. The van der Waals surface area contributed by atoms with Gasteiger partial charge in [-0.2, -0.15) is 0 Å². The zero-order valence-electron chi connectivity index (χ0n) is 28.3. The molecule has 1 saturated carbocycles. The smallest absolute Gasteiger partial charge is 0.407 e. The van der Waals surface area contributed by atoms with E-state index in [1.165, 1.54) is 5.57 Å². The minimum atomic E-state index is -1.07. The summed E-state index contributed by atoms with van der Waals surface area (Å²) >= 11 is 0. The summed E-state index contributed by atoms with van der Waals surface area (Å²) in [5.74, 6) is -0.506. The van der Waals surface area contributed by atoms with Crippen LogP contribution in [0.5, 0.6) is 0 Å². The number of carbonyl (C=O) groups is 3. The quantitative estimate of drug-likeness (QED) is 0.0472. The van der Waals surface area contributed by atoms with Crippen molar-refractivity contribution in [3.05, 3.63) is 47.5 Å². The molecule has 1 aliphatic heterocycles.